The van der Waals surface area contributed by atoms with E-state index in [4.69, 9.17) is 5.11 Å². The van der Waals surface area contributed by atoms with E-state index in [0.29, 0.717) is 0 Å². The second kappa shape index (κ2) is 7.23. The molecule has 100 valence electrons. The number of methoxy groups -OCH3 is 1. The predicted octanol–water partition coefficient (Wildman–Crippen LogP) is -0.278. The molecule has 0 unspecified atom stereocenters. The second-order valence-corrected chi connectivity index (χ2v) is 5.29. The zero-order chi connectivity index (χ0) is 13.5. The Morgan fingerprint density at radius 1 is 1.41 bits per heavy atom. The normalized spacial score (nSPS) is 13.1. The molecular formula is C9H17NO6S. The van der Waals surface area contributed by atoms with Crippen LogP contribution in [-0.2, 0) is 24.3 Å². The lowest BCUT2D eigenvalue weighted by atomic mass is 10.2. The molecule has 7 nitrogen and oxygen atoms in total. The Hall–Kier alpha value is -1.15. The molecule has 8 heteroatoms. The average molecular weight is 267 g/mol. The van der Waals surface area contributed by atoms with Crippen LogP contribution in [0, 0.1) is 0 Å². The van der Waals surface area contributed by atoms with E-state index in [-0.39, 0.29) is 25.0 Å². The third kappa shape index (κ3) is 6.90. The van der Waals surface area contributed by atoms with E-state index in [9.17, 15) is 18.0 Å². The summed E-state index contributed by atoms with van der Waals surface area (Å²) in [6.45, 7) is 1.57. The first-order valence-electron chi connectivity index (χ1n) is 5.12. The van der Waals surface area contributed by atoms with Crippen LogP contribution in [0.5, 0.6) is 0 Å². The number of sulfonamides is 1. The van der Waals surface area contributed by atoms with Gasteiger partial charge in [0.2, 0.25) is 10.0 Å². The van der Waals surface area contributed by atoms with Crippen molar-refractivity contribution in [2.24, 2.45) is 0 Å². The SMILES string of the molecule is CC[C@@H](NS(=O)(=O)CCCC(=O)OC)C(=O)O. The van der Waals surface area contributed by atoms with Gasteiger partial charge in [0.05, 0.1) is 12.9 Å². The van der Waals surface area contributed by atoms with E-state index in [1.807, 2.05) is 0 Å². The van der Waals surface area contributed by atoms with Gasteiger partial charge in [0.1, 0.15) is 6.04 Å². The average Bonchev–Trinajstić information content (AvgIpc) is 2.25. The number of hydrogen-bond acceptors (Lipinski definition) is 5. The van der Waals surface area contributed by atoms with Crippen molar-refractivity contribution in [1.29, 1.82) is 0 Å². The van der Waals surface area contributed by atoms with Gasteiger partial charge in [0, 0.05) is 6.42 Å². The Bertz CT molecular complexity index is 364. The molecule has 17 heavy (non-hydrogen) atoms. The Kier molecular flexibility index (Phi) is 6.74. The Morgan fingerprint density at radius 3 is 2.41 bits per heavy atom. The lowest BCUT2D eigenvalue weighted by molar-refractivity contribution is -0.141. The van der Waals surface area contributed by atoms with Crippen LogP contribution in [0.25, 0.3) is 0 Å². The molecule has 0 aliphatic heterocycles. The molecule has 0 spiro atoms. The molecule has 0 heterocycles. The number of rotatable bonds is 8. The third-order valence-electron chi connectivity index (χ3n) is 2.05. The lowest BCUT2D eigenvalue weighted by Gasteiger charge is -2.12. The van der Waals surface area contributed by atoms with Gasteiger partial charge >= 0.3 is 11.9 Å². The maximum absolute atomic E-state index is 11.4. The summed E-state index contributed by atoms with van der Waals surface area (Å²) >= 11 is 0. The fourth-order valence-electron chi connectivity index (χ4n) is 1.09. The largest absolute Gasteiger partial charge is 0.480 e. The van der Waals surface area contributed by atoms with Crippen LogP contribution in [-0.4, -0.2) is 44.4 Å². The van der Waals surface area contributed by atoms with Gasteiger partial charge in [0.25, 0.3) is 0 Å². The summed E-state index contributed by atoms with van der Waals surface area (Å²) < 4.78 is 29.3. The summed E-state index contributed by atoms with van der Waals surface area (Å²) in [5.74, 6) is -2.01. The first-order chi connectivity index (χ1) is 7.82. The molecule has 0 aliphatic carbocycles. The fraction of sp³-hybridized carbons (Fsp3) is 0.778. The minimum Gasteiger partial charge on any atom is -0.480 e. The molecule has 0 radical (unpaired) electrons. The summed E-state index contributed by atoms with van der Waals surface area (Å²) in [4.78, 5) is 21.4. The van der Waals surface area contributed by atoms with Gasteiger partial charge in [-0.15, -0.1) is 0 Å². The van der Waals surface area contributed by atoms with Crippen LogP contribution in [0.4, 0.5) is 0 Å². The minimum atomic E-state index is -3.68. The summed E-state index contributed by atoms with van der Waals surface area (Å²) in [6.07, 6.45) is 0.241. The molecule has 0 aliphatic rings. The van der Waals surface area contributed by atoms with Crippen molar-refractivity contribution in [2.75, 3.05) is 12.9 Å². The van der Waals surface area contributed by atoms with Gasteiger partial charge in [-0.25, -0.2) is 13.1 Å². The van der Waals surface area contributed by atoms with E-state index >= 15 is 0 Å². The van der Waals surface area contributed by atoms with Crippen molar-refractivity contribution in [3.63, 3.8) is 0 Å². The van der Waals surface area contributed by atoms with Crippen molar-refractivity contribution in [3.05, 3.63) is 0 Å². The lowest BCUT2D eigenvalue weighted by Crippen LogP contribution is -2.41. The quantitative estimate of drug-likeness (QED) is 0.585. The number of hydrogen-bond donors (Lipinski definition) is 2. The second-order valence-electron chi connectivity index (χ2n) is 3.42. The summed E-state index contributed by atoms with van der Waals surface area (Å²) in [5.41, 5.74) is 0. The van der Waals surface area contributed by atoms with Crippen molar-refractivity contribution in [2.45, 2.75) is 32.2 Å². The molecule has 0 aromatic carbocycles. The smallest absolute Gasteiger partial charge is 0.321 e. The topological polar surface area (TPSA) is 110 Å². The van der Waals surface area contributed by atoms with Gasteiger partial charge in [-0.05, 0) is 12.8 Å². The van der Waals surface area contributed by atoms with Gasteiger partial charge < -0.3 is 9.84 Å². The number of nitrogens with one attached hydrogen (secondary N) is 1. The minimum absolute atomic E-state index is 0.0126. The Labute approximate surface area is 100 Å². The molecular weight excluding hydrogens is 250 g/mol. The highest BCUT2D eigenvalue weighted by Gasteiger charge is 2.22. The highest BCUT2D eigenvalue weighted by Crippen LogP contribution is 2.00. The van der Waals surface area contributed by atoms with Crippen LogP contribution in [0.15, 0.2) is 0 Å². The number of carbonyl (C=O) groups excluding carboxylic acids is 1. The molecule has 2 N–H and O–H groups in total. The number of ether oxygens (including phenoxy) is 1. The molecule has 0 amide bonds. The summed E-state index contributed by atoms with van der Waals surface area (Å²) in [7, 11) is -2.47. The van der Waals surface area contributed by atoms with Gasteiger partial charge in [0.15, 0.2) is 0 Å². The van der Waals surface area contributed by atoms with E-state index in [1.165, 1.54) is 7.11 Å². The highest BCUT2D eigenvalue weighted by atomic mass is 32.2. The van der Waals surface area contributed by atoms with Crippen LogP contribution in [0.1, 0.15) is 26.2 Å². The zero-order valence-electron chi connectivity index (χ0n) is 9.80. The van der Waals surface area contributed by atoms with Crippen LogP contribution in [0.3, 0.4) is 0 Å². The molecule has 0 aromatic rings. The maximum atomic E-state index is 11.4. The molecule has 0 fully saturated rings. The zero-order valence-corrected chi connectivity index (χ0v) is 10.6. The molecule has 0 bridgehead atoms. The number of esters is 1. The van der Waals surface area contributed by atoms with E-state index in [0.717, 1.165) is 0 Å². The van der Waals surface area contributed by atoms with Crippen molar-refractivity contribution in [3.8, 4) is 0 Å². The first kappa shape index (κ1) is 15.9. The van der Waals surface area contributed by atoms with Crippen molar-refractivity contribution in [1.82, 2.24) is 4.72 Å². The van der Waals surface area contributed by atoms with E-state index in [1.54, 1.807) is 6.92 Å². The predicted molar refractivity (Wildman–Crippen MR) is 59.9 cm³/mol. The summed E-state index contributed by atoms with van der Waals surface area (Å²) in [5, 5.41) is 8.69. The van der Waals surface area contributed by atoms with Crippen molar-refractivity contribution < 1.29 is 27.9 Å². The molecule has 0 aromatic heterocycles. The number of carbonyl (C=O) groups is 2. The molecule has 0 saturated carbocycles. The monoisotopic (exact) mass is 267 g/mol. The first-order valence-corrected chi connectivity index (χ1v) is 6.77. The number of carboxylic acids is 1. The van der Waals surface area contributed by atoms with Crippen LogP contribution in [0.2, 0.25) is 0 Å². The molecule has 1 atom stereocenters. The Morgan fingerprint density at radius 2 is 2.00 bits per heavy atom. The van der Waals surface area contributed by atoms with Gasteiger partial charge in [-0.1, -0.05) is 6.92 Å². The molecule has 0 rings (SSSR count). The van der Waals surface area contributed by atoms with E-state index < -0.39 is 28.0 Å². The maximum Gasteiger partial charge on any atom is 0.321 e. The fourth-order valence-corrected chi connectivity index (χ4v) is 2.44. The van der Waals surface area contributed by atoms with Crippen LogP contribution >= 0.6 is 0 Å². The standard InChI is InChI=1S/C9H17NO6S/c1-3-7(9(12)13)10-17(14,15)6-4-5-8(11)16-2/h7,10H,3-6H2,1-2H3,(H,12,13)/t7-/m1/s1. The van der Waals surface area contributed by atoms with E-state index in [2.05, 4.69) is 9.46 Å². The van der Waals surface area contributed by atoms with Gasteiger partial charge in [-0.3, -0.25) is 9.59 Å². The Balaban J connectivity index is 4.20. The molecule has 0 saturated heterocycles. The number of carboxylic acid groups (broad SMARTS) is 1. The van der Waals surface area contributed by atoms with Crippen molar-refractivity contribution >= 4 is 22.0 Å². The van der Waals surface area contributed by atoms with Crippen LogP contribution < -0.4 is 4.72 Å². The highest BCUT2D eigenvalue weighted by molar-refractivity contribution is 7.89. The number of aliphatic carboxylic acids is 1. The summed E-state index contributed by atoms with van der Waals surface area (Å²) in [6, 6.07) is -1.13. The third-order valence-corrected chi connectivity index (χ3v) is 3.52. The van der Waals surface area contributed by atoms with Gasteiger partial charge in [-0.2, -0.15) is 0 Å².